The summed E-state index contributed by atoms with van der Waals surface area (Å²) < 4.78 is 34.6. The molecule has 2 aliphatic rings. The van der Waals surface area contributed by atoms with Gasteiger partial charge in [0.15, 0.2) is 0 Å². The SMILES string of the molecule is CS(=O)(=O)N[C@H]1CCCN(C(=O)Cn2cccn2)[C@H]1COC1CCC(c2ccccc2)CC1. The van der Waals surface area contributed by atoms with Crippen LogP contribution in [0.3, 0.4) is 0 Å². The molecule has 1 aliphatic carbocycles. The van der Waals surface area contributed by atoms with Gasteiger partial charge in [0, 0.05) is 25.0 Å². The maximum absolute atomic E-state index is 13.1. The van der Waals surface area contributed by atoms with Crippen LogP contribution < -0.4 is 4.72 Å². The molecule has 2 atom stereocenters. The Labute approximate surface area is 196 Å². The zero-order valence-corrected chi connectivity index (χ0v) is 20.0. The number of nitrogens with one attached hydrogen (secondary N) is 1. The summed E-state index contributed by atoms with van der Waals surface area (Å²) >= 11 is 0. The number of hydrogen-bond donors (Lipinski definition) is 1. The van der Waals surface area contributed by atoms with Gasteiger partial charge in [0.1, 0.15) is 6.54 Å². The summed E-state index contributed by atoms with van der Waals surface area (Å²) in [6.07, 6.45) is 10.2. The minimum absolute atomic E-state index is 0.0694. The lowest BCUT2D eigenvalue weighted by Gasteiger charge is -2.42. The molecule has 2 heterocycles. The summed E-state index contributed by atoms with van der Waals surface area (Å²) in [5.74, 6) is 0.493. The number of rotatable bonds is 8. The second-order valence-corrected chi connectivity index (χ2v) is 11.0. The van der Waals surface area contributed by atoms with Crippen molar-refractivity contribution in [3.8, 4) is 0 Å². The van der Waals surface area contributed by atoms with E-state index in [4.69, 9.17) is 4.74 Å². The van der Waals surface area contributed by atoms with Crippen molar-refractivity contribution in [2.75, 3.05) is 19.4 Å². The highest BCUT2D eigenvalue weighted by molar-refractivity contribution is 7.88. The predicted molar refractivity (Wildman–Crippen MR) is 126 cm³/mol. The van der Waals surface area contributed by atoms with E-state index >= 15 is 0 Å². The van der Waals surface area contributed by atoms with Crippen LogP contribution in [-0.2, 0) is 26.1 Å². The van der Waals surface area contributed by atoms with Crippen molar-refractivity contribution in [2.45, 2.75) is 69.2 Å². The van der Waals surface area contributed by atoms with Crippen LogP contribution in [0.5, 0.6) is 0 Å². The summed E-state index contributed by atoms with van der Waals surface area (Å²) in [4.78, 5) is 14.9. The number of amides is 1. The van der Waals surface area contributed by atoms with Crippen LogP contribution in [0.2, 0.25) is 0 Å². The zero-order valence-electron chi connectivity index (χ0n) is 19.2. The van der Waals surface area contributed by atoms with Crippen molar-refractivity contribution in [3.05, 3.63) is 54.4 Å². The number of carbonyl (C=O) groups excluding carboxylic acids is 1. The molecular weight excluding hydrogens is 440 g/mol. The average molecular weight is 475 g/mol. The van der Waals surface area contributed by atoms with Crippen molar-refractivity contribution in [1.29, 1.82) is 0 Å². The summed E-state index contributed by atoms with van der Waals surface area (Å²) in [5, 5.41) is 4.13. The lowest BCUT2D eigenvalue weighted by Crippen LogP contribution is -2.59. The molecule has 33 heavy (non-hydrogen) atoms. The van der Waals surface area contributed by atoms with Gasteiger partial charge in [-0.2, -0.15) is 5.10 Å². The van der Waals surface area contributed by atoms with Gasteiger partial charge in [-0.05, 0) is 56.1 Å². The third-order valence-electron chi connectivity index (χ3n) is 6.77. The number of likely N-dealkylation sites (tertiary alicyclic amines) is 1. The summed E-state index contributed by atoms with van der Waals surface area (Å²) in [7, 11) is -3.40. The fourth-order valence-corrected chi connectivity index (χ4v) is 5.96. The zero-order chi connectivity index (χ0) is 23.3. The standard InChI is InChI=1S/C24H34N4O4S/c1-33(30,31)26-22-9-5-16-28(24(29)17-27-15-6-14-25-27)23(22)18-32-21-12-10-20(11-13-21)19-7-3-2-4-8-19/h2-4,6-8,14-15,20-23,26H,5,9-13,16-18H2,1H3/t20?,21?,22-,23-/m0/s1. The van der Waals surface area contributed by atoms with Gasteiger partial charge in [0.05, 0.1) is 25.0 Å². The topological polar surface area (TPSA) is 93.5 Å². The third-order valence-corrected chi connectivity index (χ3v) is 7.50. The summed E-state index contributed by atoms with van der Waals surface area (Å²) in [5.41, 5.74) is 1.39. The highest BCUT2D eigenvalue weighted by atomic mass is 32.2. The molecule has 1 aromatic heterocycles. The van der Waals surface area contributed by atoms with E-state index in [2.05, 4.69) is 34.1 Å². The molecule has 1 N–H and O–H groups in total. The molecule has 4 rings (SSSR count). The van der Waals surface area contributed by atoms with E-state index in [1.165, 1.54) is 11.8 Å². The first-order valence-electron chi connectivity index (χ1n) is 11.8. The fraction of sp³-hybridized carbons (Fsp3) is 0.583. The van der Waals surface area contributed by atoms with Crippen molar-refractivity contribution in [2.24, 2.45) is 0 Å². The van der Waals surface area contributed by atoms with Gasteiger partial charge in [-0.3, -0.25) is 9.48 Å². The smallest absolute Gasteiger partial charge is 0.244 e. The summed E-state index contributed by atoms with van der Waals surface area (Å²) in [6, 6.07) is 11.7. The number of carbonyl (C=O) groups is 1. The molecule has 1 amide bonds. The number of sulfonamides is 1. The Bertz CT molecular complexity index is 989. The molecule has 180 valence electrons. The van der Waals surface area contributed by atoms with E-state index in [1.54, 1.807) is 28.0 Å². The average Bonchev–Trinajstić information content (AvgIpc) is 3.31. The van der Waals surface area contributed by atoms with Gasteiger partial charge >= 0.3 is 0 Å². The maximum atomic E-state index is 13.1. The molecule has 9 heteroatoms. The normalized spacial score (nSPS) is 26.3. The number of aromatic nitrogens is 2. The second kappa shape index (κ2) is 10.8. The van der Waals surface area contributed by atoms with Gasteiger partial charge in [0.25, 0.3) is 0 Å². The van der Waals surface area contributed by atoms with Gasteiger partial charge in [-0.25, -0.2) is 13.1 Å². The monoisotopic (exact) mass is 474 g/mol. The summed E-state index contributed by atoms with van der Waals surface area (Å²) in [6.45, 7) is 1.06. The predicted octanol–water partition coefficient (Wildman–Crippen LogP) is 2.53. The van der Waals surface area contributed by atoms with Crippen LogP contribution >= 0.6 is 0 Å². The van der Waals surface area contributed by atoms with Crippen molar-refractivity contribution in [3.63, 3.8) is 0 Å². The minimum Gasteiger partial charge on any atom is -0.376 e. The molecule has 1 saturated heterocycles. The number of benzene rings is 1. The Morgan fingerprint density at radius 3 is 2.55 bits per heavy atom. The molecule has 0 spiro atoms. The maximum Gasteiger partial charge on any atom is 0.244 e. The first-order valence-corrected chi connectivity index (χ1v) is 13.7. The first kappa shape index (κ1) is 23.9. The Kier molecular flexibility index (Phi) is 7.82. The van der Waals surface area contributed by atoms with E-state index < -0.39 is 10.0 Å². The van der Waals surface area contributed by atoms with Crippen LogP contribution in [0.25, 0.3) is 0 Å². The molecular formula is C24H34N4O4S. The van der Waals surface area contributed by atoms with E-state index in [-0.39, 0.29) is 30.6 Å². The molecule has 8 nitrogen and oxygen atoms in total. The number of piperidine rings is 1. The van der Waals surface area contributed by atoms with E-state index in [0.29, 0.717) is 25.5 Å². The lowest BCUT2D eigenvalue weighted by molar-refractivity contribution is -0.139. The van der Waals surface area contributed by atoms with Gasteiger partial charge in [-0.15, -0.1) is 0 Å². The minimum atomic E-state index is -3.40. The molecule has 2 fully saturated rings. The molecule has 2 aromatic rings. The van der Waals surface area contributed by atoms with Gasteiger partial charge in [0.2, 0.25) is 15.9 Å². The number of hydrogen-bond acceptors (Lipinski definition) is 5. The Hall–Kier alpha value is -2.23. The van der Waals surface area contributed by atoms with Crippen molar-refractivity contribution >= 4 is 15.9 Å². The fourth-order valence-electron chi connectivity index (χ4n) is 5.13. The van der Waals surface area contributed by atoms with E-state index in [1.807, 2.05) is 6.07 Å². The van der Waals surface area contributed by atoms with Crippen LogP contribution in [0.15, 0.2) is 48.8 Å². The second-order valence-electron chi connectivity index (χ2n) is 9.21. The Morgan fingerprint density at radius 1 is 1.12 bits per heavy atom. The van der Waals surface area contributed by atoms with Crippen molar-refractivity contribution < 1.29 is 17.9 Å². The van der Waals surface area contributed by atoms with Gasteiger partial charge < -0.3 is 9.64 Å². The van der Waals surface area contributed by atoms with Crippen LogP contribution in [0.4, 0.5) is 0 Å². The largest absolute Gasteiger partial charge is 0.376 e. The molecule has 0 bridgehead atoms. The number of nitrogens with zero attached hydrogens (tertiary/aromatic N) is 3. The Morgan fingerprint density at radius 2 is 1.88 bits per heavy atom. The number of ether oxygens (including phenoxy) is 1. The van der Waals surface area contributed by atoms with Crippen LogP contribution in [0.1, 0.15) is 50.0 Å². The molecule has 1 saturated carbocycles. The quantitative estimate of drug-likeness (QED) is 0.635. The van der Waals surface area contributed by atoms with Crippen LogP contribution in [-0.4, -0.2) is 66.6 Å². The van der Waals surface area contributed by atoms with Crippen LogP contribution in [0, 0.1) is 0 Å². The van der Waals surface area contributed by atoms with E-state index in [0.717, 1.165) is 32.1 Å². The molecule has 1 aromatic carbocycles. The molecule has 0 radical (unpaired) electrons. The highest BCUT2D eigenvalue weighted by Gasteiger charge is 2.37. The Balaban J connectivity index is 1.39. The van der Waals surface area contributed by atoms with E-state index in [9.17, 15) is 13.2 Å². The molecule has 1 aliphatic heterocycles. The van der Waals surface area contributed by atoms with Crippen molar-refractivity contribution in [1.82, 2.24) is 19.4 Å². The third kappa shape index (κ3) is 6.65. The van der Waals surface area contributed by atoms with Gasteiger partial charge in [-0.1, -0.05) is 30.3 Å². The lowest BCUT2D eigenvalue weighted by atomic mass is 9.83. The first-order chi connectivity index (χ1) is 15.9. The molecule has 0 unspecified atom stereocenters. The highest BCUT2D eigenvalue weighted by Crippen LogP contribution is 2.34.